The minimum atomic E-state index is -1.67. The second kappa shape index (κ2) is 17.7. The van der Waals surface area contributed by atoms with E-state index in [0.717, 1.165) is 27.7 Å². The number of nitro benzene ring substituents is 1. The van der Waals surface area contributed by atoms with Gasteiger partial charge in [0.2, 0.25) is 12.2 Å². The molecule has 1 N–H and O–H groups in total. The monoisotopic (exact) mass is 760 g/mol. The molecule has 2 aromatic rings. The van der Waals surface area contributed by atoms with Crippen LogP contribution in [0.5, 0.6) is 5.75 Å². The number of benzene rings is 2. The molecular weight excluding hydrogens is 720 g/mol. The standard InChI is InChI=1S/C35H40N2O17/c1-17(38)36-27-30(54-35-32(49-21(5)42)31(48-20(4)41)29(47-19(3)40)25(52-35)15-45-18(2)39)28-26(16-46-33(53-28)22-9-7-6-8-10-22)51-34(27)50-24-13-11-23(12-14-24)37(43)44/h6-14,25-35H,15-16H2,1-5H3,(H,36,38)/t25-,26-,27-,28+,29+,30-,31+,32-,33?,34+,35+/m1/s1. The van der Waals surface area contributed by atoms with Crippen LogP contribution in [0.3, 0.4) is 0 Å². The van der Waals surface area contributed by atoms with Crippen molar-refractivity contribution in [2.45, 2.75) is 102 Å². The summed E-state index contributed by atoms with van der Waals surface area (Å²) in [5.74, 6) is -3.66. The molecule has 1 amide bonds. The molecule has 54 heavy (non-hydrogen) atoms. The van der Waals surface area contributed by atoms with Crippen LogP contribution < -0.4 is 10.1 Å². The van der Waals surface area contributed by atoms with Crippen molar-refractivity contribution in [3.05, 3.63) is 70.3 Å². The van der Waals surface area contributed by atoms with E-state index in [-0.39, 0.29) is 18.0 Å². The Morgan fingerprint density at radius 3 is 1.98 bits per heavy atom. The Morgan fingerprint density at radius 1 is 0.759 bits per heavy atom. The Kier molecular flexibility index (Phi) is 13.1. The van der Waals surface area contributed by atoms with Gasteiger partial charge in [0.15, 0.2) is 30.9 Å². The molecule has 5 rings (SSSR count). The van der Waals surface area contributed by atoms with Gasteiger partial charge in [0.05, 0.1) is 11.5 Å². The number of hydrogen-bond acceptors (Lipinski definition) is 17. The van der Waals surface area contributed by atoms with Crippen molar-refractivity contribution in [3.63, 3.8) is 0 Å². The highest BCUT2D eigenvalue weighted by molar-refractivity contribution is 5.73. The molecule has 0 spiro atoms. The molecular formula is C35H40N2O17. The Balaban J connectivity index is 1.58. The van der Waals surface area contributed by atoms with Gasteiger partial charge in [-0.1, -0.05) is 30.3 Å². The third-order valence-electron chi connectivity index (χ3n) is 8.32. The van der Waals surface area contributed by atoms with Crippen LogP contribution in [0.15, 0.2) is 54.6 Å². The number of rotatable bonds is 12. The molecule has 292 valence electrons. The van der Waals surface area contributed by atoms with E-state index in [1.54, 1.807) is 24.3 Å². The van der Waals surface area contributed by atoms with Gasteiger partial charge in [-0.05, 0) is 12.1 Å². The fourth-order valence-electron chi connectivity index (χ4n) is 6.24. The van der Waals surface area contributed by atoms with Gasteiger partial charge in [0.25, 0.3) is 5.69 Å². The van der Waals surface area contributed by atoms with Gasteiger partial charge in [-0.3, -0.25) is 34.1 Å². The molecule has 0 saturated carbocycles. The highest BCUT2D eigenvalue weighted by atomic mass is 16.8. The van der Waals surface area contributed by atoms with Gasteiger partial charge in [-0.2, -0.15) is 0 Å². The lowest BCUT2D eigenvalue weighted by atomic mass is 9.94. The molecule has 11 atom stereocenters. The Labute approximate surface area is 308 Å². The number of nitrogens with one attached hydrogen (secondary N) is 1. The second-order valence-electron chi connectivity index (χ2n) is 12.5. The maximum absolute atomic E-state index is 12.8. The van der Waals surface area contributed by atoms with Gasteiger partial charge in [-0.25, -0.2) is 0 Å². The maximum Gasteiger partial charge on any atom is 0.303 e. The van der Waals surface area contributed by atoms with Gasteiger partial charge in [0.1, 0.15) is 42.8 Å². The summed E-state index contributed by atoms with van der Waals surface area (Å²) in [4.78, 5) is 72.5. The number of fused-ring (bicyclic) bond motifs is 1. The van der Waals surface area contributed by atoms with Gasteiger partial charge >= 0.3 is 23.9 Å². The quantitative estimate of drug-likeness (QED) is 0.141. The van der Waals surface area contributed by atoms with E-state index in [9.17, 15) is 34.1 Å². The number of hydrogen-bond donors (Lipinski definition) is 1. The van der Waals surface area contributed by atoms with E-state index >= 15 is 0 Å². The van der Waals surface area contributed by atoms with Crippen LogP contribution in [-0.2, 0) is 66.6 Å². The van der Waals surface area contributed by atoms with E-state index in [2.05, 4.69) is 5.32 Å². The van der Waals surface area contributed by atoms with Crippen LogP contribution in [0, 0.1) is 10.1 Å². The van der Waals surface area contributed by atoms with Crippen molar-refractivity contribution in [1.82, 2.24) is 5.32 Å². The maximum atomic E-state index is 12.8. The zero-order valence-electron chi connectivity index (χ0n) is 29.8. The number of carbonyl (C=O) groups excluding carboxylic acids is 5. The summed E-state index contributed by atoms with van der Waals surface area (Å²) in [5.41, 5.74) is 0.443. The van der Waals surface area contributed by atoms with E-state index < -0.39 is 109 Å². The van der Waals surface area contributed by atoms with Crippen molar-refractivity contribution < 1.29 is 76.3 Å². The van der Waals surface area contributed by atoms with E-state index in [1.165, 1.54) is 31.2 Å². The number of esters is 4. The minimum Gasteiger partial charge on any atom is -0.463 e. The molecule has 3 aliphatic heterocycles. The first-order chi connectivity index (χ1) is 25.7. The van der Waals surface area contributed by atoms with Crippen LogP contribution in [0.2, 0.25) is 0 Å². The Morgan fingerprint density at radius 2 is 1.39 bits per heavy atom. The number of amides is 1. The van der Waals surface area contributed by atoms with Crippen molar-refractivity contribution in [3.8, 4) is 5.75 Å². The lowest BCUT2D eigenvalue weighted by Crippen LogP contribution is -2.70. The SMILES string of the molecule is CC(=O)N[C@H]1[C@@H](Oc2ccc([N+](=O)[O-])cc2)O[C@@H]2COC(c3ccccc3)O[C@@H]2[C@@H]1O[C@@H]1O[C@H](COC(C)=O)[C@H](OC(C)=O)[C@H](OC(C)=O)[C@H]1OC(C)=O. The van der Waals surface area contributed by atoms with Crippen LogP contribution in [0.25, 0.3) is 0 Å². The molecule has 2 aromatic carbocycles. The molecule has 3 fully saturated rings. The van der Waals surface area contributed by atoms with Crippen LogP contribution in [-0.4, -0.2) is 109 Å². The zero-order chi connectivity index (χ0) is 39.1. The summed E-state index contributed by atoms with van der Waals surface area (Å²) >= 11 is 0. The first-order valence-corrected chi connectivity index (χ1v) is 16.8. The smallest absolute Gasteiger partial charge is 0.303 e. The Bertz CT molecular complexity index is 1670. The first-order valence-electron chi connectivity index (χ1n) is 16.8. The highest BCUT2D eigenvalue weighted by Gasteiger charge is 2.58. The molecule has 3 saturated heterocycles. The highest BCUT2D eigenvalue weighted by Crippen LogP contribution is 2.39. The molecule has 0 bridgehead atoms. The van der Waals surface area contributed by atoms with E-state index in [1.807, 2.05) is 6.07 Å². The van der Waals surface area contributed by atoms with Crippen molar-refractivity contribution in [2.75, 3.05) is 13.2 Å². The summed E-state index contributed by atoms with van der Waals surface area (Å²) in [6.45, 7) is 5.04. The third kappa shape index (κ3) is 10.1. The molecule has 1 unspecified atom stereocenters. The topological polar surface area (TPSA) is 233 Å². The second-order valence-corrected chi connectivity index (χ2v) is 12.5. The van der Waals surface area contributed by atoms with Crippen molar-refractivity contribution >= 4 is 35.5 Å². The third-order valence-corrected chi connectivity index (χ3v) is 8.32. The fraction of sp³-hybridized carbons (Fsp3) is 0.514. The van der Waals surface area contributed by atoms with Crippen LogP contribution >= 0.6 is 0 Å². The number of carbonyl (C=O) groups is 5. The van der Waals surface area contributed by atoms with Crippen molar-refractivity contribution in [2.24, 2.45) is 0 Å². The number of nitrogens with zero attached hydrogens (tertiary/aromatic N) is 1. The number of non-ortho nitro benzene ring substituents is 1. The predicted octanol–water partition coefficient (Wildman–Crippen LogP) is 1.79. The lowest BCUT2D eigenvalue weighted by Gasteiger charge is -2.51. The predicted molar refractivity (Wildman–Crippen MR) is 177 cm³/mol. The molecule has 0 aromatic heterocycles. The largest absolute Gasteiger partial charge is 0.463 e. The van der Waals surface area contributed by atoms with Crippen LogP contribution in [0.4, 0.5) is 5.69 Å². The molecule has 0 radical (unpaired) electrons. The summed E-state index contributed by atoms with van der Waals surface area (Å²) in [6.07, 6.45) is -13.2. The molecule has 19 nitrogen and oxygen atoms in total. The average Bonchev–Trinajstić information content (AvgIpc) is 3.11. The van der Waals surface area contributed by atoms with Gasteiger partial charge in [0, 0.05) is 52.3 Å². The fourth-order valence-corrected chi connectivity index (χ4v) is 6.24. The Hall–Kier alpha value is -5.21. The van der Waals surface area contributed by atoms with Crippen molar-refractivity contribution in [1.29, 1.82) is 0 Å². The first kappa shape index (κ1) is 40.0. The molecule has 0 aliphatic carbocycles. The minimum absolute atomic E-state index is 0.0738. The summed E-state index contributed by atoms with van der Waals surface area (Å²) in [5, 5.41) is 14.0. The zero-order valence-corrected chi connectivity index (χ0v) is 29.8. The number of nitro groups is 1. The average molecular weight is 761 g/mol. The van der Waals surface area contributed by atoms with Crippen LogP contribution in [0.1, 0.15) is 46.5 Å². The van der Waals surface area contributed by atoms with E-state index in [0.29, 0.717) is 5.56 Å². The lowest BCUT2D eigenvalue weighted by molar-refractivity contribution is -0.385. The van der Waals surface area contributed by atoms with E-state index in [4.69, 9.17) is 47.4 Å². The normalized spacial score (nSPS) is 30.4. The van der Waals surface area contributed by atoms with Gasteiger partial charge < -0.3 is 52.7 Å². The summed E-state index contributed by atoms with van der Waals surface area (Å²) in [6, 6.07) is 12.8. The summed E-state index contributed by atoms with van der Waals surface area (Å²) < 4.78 is 59.5. The number of ether oxygens (including phenoxy) is 10. The van der Waals surface area contributed by atoms with Gasteiger partial charge in [-0.15, -0.1) is 0 Å². The molecule has 3 heterocycles. The molecule has 3 aliphatic rings. The molecule has 19 heteroatoms. The summed E-state index contributed by atoms with van der Waals surface area (Å²) in [7, 11) is 0.